The average Bonchev–Trinajstić information content (AvgIpc) is 2.87. The van der Waals surface area contributed by atoms with Gasteiger partial charge >= 0.3 is 0 Å². The van der Waals surface area contributed by atoms with E-state index in [1.165, 1.54) is 12.1 Å². The molecule has 100 valence electrons. The van der Waals surface area contributed by atoms with E-state index < -0.39 is 4.92 Å². The van der Waals surface area contributed by atoms with Gasteiger partial charge in [-0.05, 0) is 30.4 Å². The van der Waals surface area contributed by atoms with Gasteiger partial charge in [0.05, 0.1) is 4.92 Å². The molecule has 1 aliphatic heterocycles. The lowest BCUT2D eigenvalue weighted by Crippen LogP contribution is -2.21. The van der Waals surface area contributed by atoms with Crippen LogP contribution in [-0.2, 0) is 0 Å². The van der Waals surface area contributed by atoms with Crippen LogP contribution in [0.3, 0.4) is 0 Å². The maximum absolute atomic E-state index is 11.0. The molecule has 0 saturated carbocycles. The maximum Gasteiger partial charge on any atom is 0.289 e. The van der Waals surface area contributed by atoms with E-state index in [0.29, 0.717) is 11.8 Å². The molecular weight excluding hydrogens is 242 g/mol. The quantitative estimate of drug-likeness (QED) is 0.618. The van der Waals surface area contributed by atoms with Crippen molar-refractivity contribution in [2.75, 3.05) is 18.0 Å². The highest BCUT2D eigenvalue weighted by molar-refractivity contribution is 5.60. The number of nitrogens with zero attached hydrogens (tertiary/aromatic N) is 3. The van der Waals surface area contributed by atoms with Crippen LogP contribution in [-0.4, -0.2) is 18.0 Å². The Kier molecular flexibility index (Phi) is 3.70. The highest BCUT2D eigenvalue weighted by atomic mass is 16.6. The van der Waals surface area contributed by atoms with E-state index in [0.717, 1.165) is 25.2 Å². The van der Waals surface area contributed by atoms with Crippen LogP contribution in [0.15, 0.2) is 18.2 Å². The highest BCUT2D eigenvalue weighted by Crippen LogP contribution is 2.31. The second-order valence-corrected chi connectivity index (χ2v) is 5.31. The number of hydrogen-bond acceptors (Lipinski definition) is 4. The number of hydrogen-bond donors (Lipinski definition) is 0. The molecule has 1 fully saturated rings. The van der Waals surface area contributed by atoms with Crippen LogP contribution in [0.1, 0.15) is 25.8 Å². The minimum Gasteiger partial charge on any atom is -0.371 e. The molecule has 1 aromatic carbocycles. The van der Waals surface area contributed by atoms with Gasteiger partial charge < -0.3 is 4.90 Å². The first kappa shape index (κ1) is 13.3. The monoisotopic (exact) mass is 259 g/mol. The smallest absolute Gasteiger partial charge is 0.289 e. The standard InChI is InChI=1S/C14H17N3O2/c1-10(2)12-5-6-16(9-12)13-4-3-11(8-15)14(7-13)17(18)19/h3-4,7,10,12H,5-6,9H2,1-2H3. The van der Waals surface area contributed by atoms with Crippen molar-refractivity contribution >= 4 is 11.4 Å². The van der Waals surface area contributed by atoms with Gasteiger partial charge in [0.1, 0.15) is 11.6 Å². The predicted octanol–water partition coefficient (Wildman–Crippen LogP) is 2.95. The van der Waals surface area contributed by atoms with Gasteiger partial charge in [-0.1, -0.05) is 13.8 Å². The van der Waals surface area contributed by atoms with Crippen molar-refractivity contribution in [1.29, 1.82) is 5.26 Å². The van der Waals surface area contributed by atoms with E-state index in [-0.39, 0.29) is 11.3 Å². The van der Waals surface area contributed by atoms with Crippen LogP contribution in [0, 0.1) is 33.3 Å². The number of anilines is 1. The molecule has 1 saturated heterocycles. The van der Waals surface area contributed by atoms with Crippen LogP contribution in [0.5, 0.6) is 0 Å². The molecule has 0 radical (unpaired) electrons. The summed E-state index contributed by atoms with van der Waals surface area (Å²) in [6.07, 6.45) is 1.12. The predicted molar refractivity (Wildman–Crippen MR) is 73.0 cm³/mol. The van der Waals surface area contributed by atoms with E-state index in [4.69, 9.17) is 5.26 Å². The molecule has 0 bridgehead atoms. The summed E-state index contributed by atoms with van der Waals surface area (Å²) in [4.78, 5) is 12.6. The third kappa shape index (κ3) is 2.68. The minimum absolute atomic E-state index is 0.104. The Morgan fingerprint density at radius 1 is 1.53 bits per heavy atom. The first-order valence-electron chi connectivity index (χ1n) is 6.46. The second-order valence-electron chi connectivity index (χ2n) is 5.31. The molecule has 0 amide bonds. The third-order valence-electron chi connectivity index (χ3n) is 3.83. The molecule has 1 aromatic rings. The van der Waals surface area contributed by atoms with Crippen molar-refractivity contribution in [3.8, 4) is 6.07 Å². The Hall–Kier alpha value is -2.09. The zero-order valence-corrected chi connectivity index (χ0v) is 11.2. The van der Waals surface area contributed by atoms with E-state index in [9.17, 15) is 10.1 Å². The zero-order valence-electron chi connectivity index (χ0n) is 11.2. The Labute approximate surface area is 112 Å². The summed E-state index contributed by atoms with van der Waals surface area (Å²) in [6.45, 7) is 6.26. The van der Waals surface area contributed by atoms with Gasteiger partial charge in [-0.15, -0.1) is 0 Å². The fraction of sp³-hybridized carbons (Fsp3) is 0.500. The van der Waals surface area contributed by atoms with Crippen molar-refractivity contribution in [3.63, 3.8) is 0 Å². The van der Waals surface area contributed by atoms with Crippen LogP contribution in [0.25, 0.3) is 0 Å². The molecule has 0 aromatic heterocycles. The molecule has 1 unspecified atom stereocenters. The van der Waals surface area contributed by atoms with Crippen molar-refractivity contribution < 1.29 is 4.92 Å². The number of nitro groups is 1. The second kappa shape index (κ2) is 5.27. The first-order valence-corrected chi connectivity index (χ1v) is 6.46. The van der Waals surface area contributed by atoms with E-state index in [2.05, 4.69) is 18.7 Å². The molecule has 5 heteroatoms. The number of nitriles is 1. The number of nitro benzene ring substituents is 1. The van der Waals surface area contributed by atoms with Gasteiger partial charge in [0.2, 0.25) is 0 Å². The topological polar surface area (TPSA) is 70.2 Å². The Morgan fingerprint density at radius 2 is 2.26 bits per heavy atom. The normalized spacial score (nSPS) is 18.6. The fourth-order valence-electron chi connectivity index (χ4n) is 2.53. The maximum atomic E-state index is 11.0. The largest absolute Gasteiger partial charge is 0.371 e. The Bertz CT molecular complexity index is 534. The molecule has 1 aliphatic rings. The average molecular weight is 259 g/mol. The Balaban J connectivity index is 2.25. The Morgan fingerprint density at radius 3 is 2.79 bits per heavy atom. The van der Waals surface area contributed by atoms with Crippen LogP contribution >= 0.6 is 0 Å². The van der Waals surface area contributed by atoms with Gasteiger partial charge in [0.15, 0.2) is 0 Å². The summed E-state index contributed by atoms with van der Waals surface area (Å²) in [7, 11) is 0. The van der Waals surface area contributed by atoms with E-state index in [1.54, 1.807) is 6.07 Å². The van der Waals surface area contributed by atoms with Gasteiger partial charge in [0, 0.05) is 24.8 Å². The molecule has 2 rings (SSSR count). The van der Waals surface area contributed by atoms with Gasteiger partial charge in [-0.3, -0.25) is 10.1 Å². The first-order chi connectivity index (χ1) is 9.02. The fourth-order valence-corrected chi connectivity index (χ4v) is 2.53. The van der Waals surface area contributed by atoms with Crippen molar-refractivity contribution in [1.82, 2.24) is 0 Å². The lowest BCUT2D eigenvalue weighted by molar-refractivity contribution is -0.385. The molecule has 1 heterocycles. The van der Waals surface area contributed by atoms with Crippen molar-refractivity contribution in [2.24, 2.45) is 11.8 Å². The van der Waals surface area contributed by atoms with E-state index >= 15 is 0 Å². The van der Waals surface area contributed by atoms with Gasteiger partial charge in [-0.25, -0.2) is 0 Å². The van der Waals surface area contributed by atoms with Crippen molar-refractivity contribution in [2.45, 2.75) is 20.3 Å². The van der Waals surface area contributed by atoms with Crippen molar-refractivity contribution in [3.05, 3.63) is 33.9 Å². The van der Waals surface area contributed by atoms with Crippen LogP contribution in [0.2, 0.25) is 0 Å². The molecule has 1 atom stereocenters. The lowest BCUT2D eigenvalue weighted by atomic mass is 9.95. The summed E-state index contributed by atoms with van der Waals surface area (Å²) < 4.78 is 0. The third-order valence-corrected chi connectivity index (χ3v) is 3.83. The SMILES string of the molecule is CC(C)C1CCN(c2ccc(C#N)c([N+](=O)[O-])c2)C1. The molecule has 0 N–H and O–H groups in total. The number of benzene rings is 1. The van der Waals surface area contributed by atoms with Crippen LogP contribution < -0.4 is 4.90 Å². The molecule has 0 spiro atoms. The minimum atomic E-state index is -0.488. The molecule has 19 heavy (non-hydrogen) atoms. The highest BCUT2D eigenvalue weighted by Gasteiger charge is 2.26. The van der Waals surface area contributed by atoms with Gasteiger partial charge in [-0.2, -0.15) is 5.26 Å². The summed E-state index contributed by atoms with van der Waals surface area (Å²) in [6, 6.07) is 6.71. The molecule has 0 aliphatic carbocycles. The van der Waals surface area contributed by atoms with Crippen LogP contribution in [0.4, 0.5) is 11.4 Å². The number of rotatable bonds is 3. The summed E-state index contributed by atoms with van der Waals surface area (Å²) in [5.74, 6) is 1.26. The summed E-state index contributed by atoms with van der Waals surface area (Å²) in [5, 5.41) is 19.8. The van der Waals surface area contributed by atoms with Gasteiger partial charge in [0.25, 0.3) is 5.69 Å². The van der Waals surface area contributed by atoms with E-state index in [1.807, 2.05) is 6.07 Å². The summed E-state index contributed by atoms with van der Waals surface area (Å²) in [5.41, 5.74) is 0.857. The molecule has 5 nitrogen and oxygen atoms in total. The molecular formula is C14H17N3O2. The summed E-state index contributed by atoms with van der Waals surface area (Å²) >= 11 is 0. The zero-order chi connectivity index (χ0) is 14.0. The lowest BCUT2D eigenvalue weighted by Gasteiger charge is -2.20.